The number of aliphatic carboxylic acids is 1. The average Bonchev–Trinajstić information content (AvgIpc) is 3.15. The molecule has 1 aliphatic heterocycles. The molecule has 1 aliphatic rings. The Bertz CT molecular complexity index is 1370. The highest BCUT2D eigenvalue weighted by Crippen LogP contribution is 2.27. The number of carboxylic acids is 1. The molecule has 3 N–H and O–H groups in total. The number of nitrogens with zero attached hydrogens (tertiary/aromatic N) is 1. The second-order valence-electron chi connectivity index (χ2n) is 10.3. The molecule has 0 bridgehead atoms. The Morgan fingerprint density at radius 1 is 0.860 bits per heavy atom. The van der Waals surface area contributed by atoms with Crippen LogP contribution in [0, 0.1) is 0 Å². The van der Waals surface area contributed by atoms with E-state index in [1.165, 1.54) is 4.90 Å². The summed E-state index contributed by atoms with van der Waals surface area (Å²) in [4.78, 5) is 51.9. The fourth-order valence-electron chi connectivity index (χ4n) is 4.91. The largest absolute Gasteiger partial charge is 0.480 e. The van der Waals surface area contributed by atoms with E-state index in [9.17, 15) is 24.3 Å². The molecular formula is C33H37N3O7. The molecule has 10 heteroatoms. The summed E-state index contributed by atoms with van der Waals surface area (Å²) in [5.74, 6) is -2.01. The first-order chi connectivity index (χ1) is 20.9. The number of hydrogen-bond acceptors (Lipinski definition) is 7. The quantitative estimate of drug-likeness (QED) is 0.189. The normalized spacial score (nSPS) is 15.1. The zero-order chi connectivity index (χ0) is 30.4. The van der Waals surface area contributed by atoms with Crippen LogP contribution in [0.1, 0.15) is 42.4 Å². The van der Waals surface area contributed by atoms with Gasteiger partial charge in [-0.15, -0.1) is 0 Å². The third kappa shape index (κ3) is 9.68. The minimum absolute atomic E-state index is 0.0890. The van der Waals surface area contributed by atoms with Gasteiger partial charge in [0.2, 0.25) is 5.91 Å². The van der Waals surface area contributed by atoms with E-state index >= 15 is 0 Å². The Hall–Kier alpha value is -4.70. The number of ether oxygens (including phenoxy) is 2. The summed E-state index contributed by atoms with van der Waals surface area (Å²) in [6.07, 6.45) is 1.67. The van der Waals surface area contributed by atoms with E-state index < -0.39 is 30.1 Å². The number of nitrogens with one attached hydrogen (secondary N) is 2. The van der Waals surface area contributed by atoms with Crippen molar-refractivity contribution in [1.29, 1.82) is 0 Å². The summed E-state index contributed by atoms with van der Waals surface area (Å²) in [5.41, 5.74) is 3.23. The lowest BCUT2D eigenvalue weighted by Crippen LogP contribution is -2.52. The molecule has 2 atom stereocenters. The first kappa shape index (κ1) is 31.2. The Labute approximate surface area is 251 Å². The smallest absolute Gasteiger partial charge is 0.407 e. The van der Waals surface area contributed by atoms with Gasteiger partial charge in [-0.1, -0.05) is 78.9 Å². The maximum atomic E-state index is 13.7. The summed E-state index contributed by atoms with van der Waals surface area (Å²) in [5, 5.41) is 15.6. The molecule has 0 aromatic heterocycles. The predicted molar refractivity (Wildman–Crippen MR) is 160 cm³/mol. The number of hydrogen-bond donors (Lipinski definition) is 3. The van der Waals surface area contributed by atoms with Crippen LogP contribution in [0.3, 0.4) is 0 Å². The van der Waals surface area contributed by atoms with Crippen LogP contribution >= 0.6 is 0 Å². The Balaban J connectivity index is 1.29. The van der Waals surface area contributed by atoms with E-state index in [2.05, 4.69) is 10.6 Å². The van der Waals surface area contributed by atoms with Gasteiger partial charge >= 0.3 is 18.0 Å². The van der Waals surface area contributed by atoms with Crippen LogP contribution in [0.25, 0.3) is 0 Å². The molecule has 4 rings (SSSR count). The number of rotatable bonds is 14. The van der Waals surface area contributed by atoms with Gasteiger partial charge in [0.15, 0.2) is 0 Å². The second kappa shape index (κ2) is 16.1. The van der Waals surface area contributed by atoms with Gasteiger partial charge in [-0.3, -0.25) is 24.6 Å². The molecular weight excluding hydrogens is 550 g/mol. The number of carboxylic acid groups (broad SMARTS) is 1. The van der Waals surface area contributed by atoms with Crippen LogP contribution in [0.15, 0.2) is 84.9 Å². The van der Waals surface area contributed by atoms with Crippen LogP contribution in [-0.4, -0.2) is 54.2 Å². The van der Waals surface area contributed by atoms with Gasteiger partial charge in [-0.05, 0) is 54.9 Å². The number of alkyl carbamates (subject to hydrolysis) is 1. The van der Waals surface area contributed by atoms with E-state index in [0.29, 0.717) is 37.9 Å². The van der Waals surface area contributed by atoms with Gasteiger partial charge in [0.05, 0.1) is 6.04 Å². The average molecular weight is 588 g/mol. The molecule has 10 nitrogen and oxygen atoms in total. The number of aryl methyl sites for hydroxylation is 1. The summed E-state index contributed by atoms with van der Waals surface area (Å²) in [7, 11) is 0. The third-order valence-corrected chi connectivity index (χ3v) is 7.18. The molecule has 0 saturated heterocycles. The number of para-hydroxylation sites is 1. The zero-order valence-electron chi connectivity index (χ0n) is 23.9. The maximum absolute atomic E-state index is 13.7. The standard InChI is InChI=1S/C33H37N3O7/c37-30(42-22-24-11-3-1-4-12-24)21-36-29-17-8-7-15-26(29)18-19-27(31(36)38)35-28(32(39)40)16-9-10-20-34-33(41)43-23-25-13-5-2-6-14-25/h1-8,11-15,17,27-28,35H,9-10,16,18-23H2,(H,34,41)(H,39,40)/t27-,28-/m0/s1. The number of benzene rings is 3. The predicted octanol–water partition coefficient (Wildman–Crippen LogP) is 4.22. The van der Waals surface area contributed by atoms with E-state index in [1.807, 2.05) is 72.8 Å². The van der Waals surface area contributed by atoms with Crippen LogP contribution in [-0.2, 0) is 43.5 Å². The third-order valence-electron chi connectivity index (χ3n) is 7.18. The van der Waals surface area contributed by atoms with Crippen molar-refractivity contribution in [2.24, 2.45) is 0 Å². The van der Waals surface area contributed by atoms with Gasteiger partial charge in [0.25, 0.3) is 0 Å². The monoisotopic (exact) mass is 587 g/mol. The molecule has 2 amide bonds. The number of anilines is 1. The van der Waals surface area contributed by atoms with Gasteiger partial charge in [0, 0.05) is 12.2 Å². The molecule has 3 aromatic carbocycles. The summed E-state index contributed by atoms with van der Waals surface area (Å²) in [6.45, 7) is 0.297. The van der Waals surface area contributed by atoms with E-state index in [1.54, 1.807) is 12.1 Å². The molecule has 0 saturated carbocycles. The summed E-state index contributed by atoms with van der Waals surface area (Å²) in [6, 6.07) is 24.2. The van der Waals surface area contributed by atoms with E-state index in [-0.39, 0.29) is 32.1 Å². The van der Waals surface area contributed by atoms with Crippen molar-refractivity contribution in [2.45, 2.75) is 57.4 Å². The molecule has 0 aliphatic carbocycles. The van der Waals surface area contributed by atoms with E-state index in [4.69, 9.17) is 9.47 Å². The minimum Gasteiger partial charge on any atom is -0.480 e. The van der Waals surface area contributed by atoms with Gasteiger partial charge in [-0.2, -0.15) is 0 Å². The van der Waals surface area contributed by atoms with Crippen molar-refractivity contribution >= 4 is 29.6 Å². The Morgan fingerprint density at radius 3 is 2.16 bits per heavy atom. The lowest BCUT2D eigenvalue weighted by atomic mass is 10.0. The highest BCUT2D eigenvalue weighted by molar-refractivity contribution is 6.02. The van der Waals surface area contributed by atoms with Crippen LogP contribution < -0.4 is 15.5 Å². The Kier molecular flexibility index (Phi) is 11.7. The maximum Gasteiger partial charge on any atom is 0.407 e. The van der Waals surface area contributed by atoms with Gasteiger partial charge in [-0.25, -0.2) is 4.79 Å². The van der Waals surface area contributed by atoms with Crippen molar-refractivity contribution in [3.8, 4) is 0 Å². The number of carbonyl (C=O) groups is 4. The number of fused-ring (bicyclic) bond motifs is 1. The van der Waals surface area contributed by atoms with E-state index in [0.717, 1.165) is 16.7 Å². The fraction of sp³-hybridized carbons (Fsp3) is 0.333. The lowest BCUT2D eigenvalue weighted by molar-refractivity contribution is -0.144. The molecule has 0 fully saturated rings. The van der Waals surface area contributed by atoms with Crippen molar-refractivity contribution in [3.05, 3.63) is 102 Å². The van der Waals surface area contributed by atoms with Crippen LogP contribution in [0.4, 0.5) is 10.5 Å². The van der Waals surface area contributed by atoms with Crippen LogP contribution in [0.2, 0.25) is 0 Å². The number of amides is 2. The topological polar surface area (TPSA) is 134 Å². The summed E-state index contributed by atoms with van der Waals surface area (Å²) < 4.78 is 10.6. The van der Waals surface area contributed by atoms with Crippen molar-refractivity contribution in [1.82, 2.24) is 10.6 Å². The molecule has 226 valence electrons. The second-order valence-corrected chi connectivity index (χ2v) is 10.3. The molecule has 0 unspecified atom stereocenters. The molecule has 0 radical (unpaired) electrons. The lowest BCUT2D eigenvalue weighted by Gasteiger charge is -2.27. The molecule has 1 heterocycles. The zero-order valence-corrected chi connectivity index (χ0v) is 23.9. The molecule has 0 spiro atoms. The SMILES string of the molecule is O=C(CN1C(=O)[C@@H](N[C@@H](CCCCNC(=O)OCc2ccccc2)C(=O)O)CCc2ccccc21)OCc1ccccc1. The molecule has 3 aromatic rings. The minimum atomic E-state index is -1.07. The fourth-order valence-corrected chi connectivity index (χ4v) is 4.91. The Morgan fingerprint density at radius 2 is 1.49 bits per heavy atom. The van der Waals surface area contributed by atoms with Crippen molar-refractivity contribution in [2.75, 3.05) is 18.0 Å². The number of esters is 1. The van der Waals surface area contributed by atoms with Gasteiger partial charge < -0.3 is 19.9 Å². The highest BCUT2D eigenvalue weighted by atomic mass is 16.5. The van der Waals surface area contributed by atoms with Gasteiger partial charge in [0.1, 0.15) is 25.8 Å². The first-order valence-corrected chi connectivity index (χ1v) is 14.4. The summed E-state index contributed by atoms with van der Waals surface area (Å²) >= 11 is 0. The van der Waals surface area contributed by atoms with Crippen molar-refractivity contribution < 1.29 is 33.8 Å². The van der Waals surface area contributed by atoms with Crippen molar-refractivity contribution in [3.63, 3.8) is 0 Å². The highest BCUT2D eigenvalue weighted by Gasteiger charge is 2.34. The number of unbranched alkanes of at least 4 members (excludes halogenated alkanes) is 1. The number of carbonyl (C=O) groups excluding carboxylic acids is 3. The van der Waals surface area contributed by atoms with Crippen LogP contribution in [0.5, 0.6) is 0 Å². The molecule has 43 heavy (non-hydrogen) atoms. The first-order valence-electron chi connectivity index (χ1n) is 14.4.